The van der Waals surface area contributed by atoms with Crippen LogP contribution in [0.4, 0.5) is 0 Å². The molecular formula is C26H38O2. The Bertz CT molecular complexity index is 602. The van der Waals surface area contributed by atoms with Crippen LogP contribution in [0.5, 0.6) is 0 Å². The summed E-state index contributed by atoms with van der Waals surface area (Å²) in [5.74, 6) is 0.469. The molecule has 0 unspecified atom stereocenters. The average Bonchev–Trinajstić information content (AvgIpc) is 2.69. The molecule has 2 rings (SSSR count). The lowest BCUT2D eigenvalue weighted by atomic mass is 9.73. The van der Waals surface area contributed by atoms with Gasteiger partial charge in [0.15, 0.2) is 0 Å². The molecule has 3 atom stereocenters. The van der Waals surface area contributed by atoms with Crippen LogP contribution >= 0.6 is 0 Å². The Hall–Kier alpha value is -1.83. The number of hydrogen-bond donors (Lipinski definition) is 1. The van der Waals surface area contributed by atoms with Gasteiger partial charge in [0.2, 0.25) is 0 Å². The van der Waals surface area contributed by atoms with E-state index in [9.17, 15) is 9.90 Å². The lowest BCUT2D eigenvalue weighted by Gasteiger charge is -2.31. The standard InChI is InChI=1S/C26H38O2/c1-2-3-4-5-6-7-8-9-11-16-23-17-18-24(25(20-23)21-26(27)28)19-22-14-12-10-13-15-22/h7-8,10,12-15,17-18,23-25H,2-6,9,11,16,19-21H2,1H3,(H,27,28)/t23-,24-,25-/m0/s1. The van der Waals surface area contributed by atoms with E-state index in [2.05, 4.69) is 55.5 Å². The maximum Gasteiger partial charge on any atom is 0.303 e. The molecule has 28 heavy (non-hydrogen) atoms. The number of benzene rings is 1. The number of unbranched alkanes of at least 4 members (excludes halogenated alkanes) is 5. The molecular weight excluding hydrogens is 344 g/mol. The van der Waals surface area contributed by atoms with Gasteiger partial charge in [0, 0.05) is 6.42 Å². The molecule has 0 aromatic heterocycles. The van der Waals surface area contributed by atoms with Gasteiger partial charge in [-0.1, -0.05) is 80.8 Å². The normalized spacial score (nSPS) is 22.0. The van der Waals surface area contributed by atoms with E-state index in [-0.39, 0.29) is 12.3 Å². The third-order valence-electron chi connectivity index (χ3n) is 5.93. The minimum absolute atomic E-state index is 0.252. The highest BCUT2D eigenvalue weighted by atomic mass is 16.4. The molecule has 0 fully saturated rings. The number of rotatable bonds is 13. The number of hydrogen-bond acceptors (Lipinski definition) is 1. The van der Waals surface area contributed by atoms with Gasteiger partial charge in [-0.05, 0) is 68.3 Å². The molecule has 2 heteroatoms. The number of carboxylic acid groups (broad SMARTS) is 1. The summed E-state index contributed by atoms with van der Waals surface area (Å²) >= 11 is 0. The van der Waals surface area contributed by atoms with Crippen LogP contribution in [0, 0.1) is 17.8 Å². The summed E-state index contributed by atoms with van der Waals surface area (Å²) in [6, 6.07) is 10.5. The second kappa shape index (κ2) is 13.4. The van der Waals surface area contributed by atoms with E-state index in [4.69, 9.17) is 0 Å². The molecule has 0 saturated heterocycles. The minimum atomic E-state index is -0.664. The number of aliphatic carboxylic acids is 1. The Morgan fingerprint density at radius 3 is 2.50 bits per heavy atom. The average molecular weight is 383 g/mol. The number of carboxylic acids is 1. The number of carbonyl (C=O) groups is 1. The van der Waals surface area contributed by atoms with Gasteiger partial charge in [-0.15, -0.1) is 0 Å². The van der Waals surface area contributed by atoms with E-state index < -0.39 is 5.97 Å². The van der Waals surface area contributed by atoms with E-state index in [0.29, 0.717) is 11.8 Å². The van der Waals surface area contributed by atoms with Crippen LogP contribution in [0.1, 0.15) is 76.7 Å². The molecule has 0 heterocycles. The maximum atomic E-state index is 11.4. The topological polar surface area (TPSA) is 37.3 Å². The van der Waals surface area contributed by atoms with Crippen molar-refractivity contribution in [1.82, 2.24) is 0 Å². The van der Waals surface area contributed by atoms with Crippen molar-refractivity contribution >= 4 is 5.97 Å². The highest BCUT2D eigenvalue weighted by molar-refractivity contribution is 5.67. The Kier molecular flexibility index (Phi) is 10.7. The Morgan fingerprint density at radius 1 is 1.04 bits per heavy atom. The summed E-state index contributed by atoms with van der Waals surface area (Å²) in [5.41, 5.74) is 1.30. The van der Waals surface area contributed by atoms with Crippen molar-refractivity contribution in [3.8, 4) is 0 Å². The zero-order valence-electron chi connectivity index (χ0n) is 17.6. The zero-order valence-corrected chi connectivity index (χ0v) is 17.6. The fraction of sp³-hybridized carbons (Fsp3) is 0.577. The predicted molar refractivity (Wildman–Crippen MR) is 118 cm³/mol. The van der Waals surface area contributed by atoms with Gasteiger partial charge in [0.25, 0.3) is 0 Å². The fourth-order valence-corrected chi connectivity index (χ4v) is 4.32. The van der Waals surface area contributed by atoms with Crippen LogP contribution in [0.2, 0.25) is 0 Å². The van der Waals surface area contributed by atoms with Crippen molar-refractivity contribution in [2.45, 2.75) is 77.6 Å². The van der Waals surface area contributed by atoms with Crippen molar-refractivity contribution in [2.24, 2.45) is 17.8 Å². The van der Waals surface area contributed by atoms with Gasteiger partial charge in [-0.2, -0.15) is 0 Å². The Labute approximate surface area is 171 Å². The van der Waals surface area contributed by atoms with Gasteiger partial charge >= 0.3 is 5.97 Å². The first-order valence-corrected chi connectivity index (χ1v) is 11.3. The van der Waals surface area contributed by atoms with Gasteiger partial charge in [-0.25, -0.2) is 0 Å². The monoisotopic (exact) mass is 382 g/mol. The van der Waals surface area contributed by atoms with Gasteiger partial charge in [-0.3, -0.25) is 4.79 Å². The zero-order chi connectivity index (χ0) is 20.0. The van der Waals surface area contributed by atoms with Crippen LogP contribution in [0.25, 0.3) is 0 Å². The minimum Gasteiger partial charge on any atom is -0.481 e. The molecule has 2 nitrogen and oxygen atoms in total. The molecule has 0 aliphatic heterocycles. The molecule has 0 radical (unpaired) electrons. The molecule has 0 amide bonds. The molecule has 1 aliphatic rings. The van der Waals surface area contributed by atoms with E-state index in [0.717, 1.165) is 19.3 Å². The lowest BCUT2D eigenvalue weighted by Crippen LogP contribution is -2.25. The molecule has 1 aromatic carbocycles. The third kappa shape index (κ3) is 8.91. The van der Waals surface area contributed by atoms with Gasteiger partial charge < -0.3 is 5.11 Å². The molecule has 1 aromatic rings. The van der Waals surface area contributed by atoms with Crippen molar-refractivity contribution in [2.75, 3.05) is 0 Å². The summed E-state index contributed by atoms with van der Waals surface area (Å²) < 4.78 is 0. The van der Waals surface area contributed by atoms with E-state index >= 15 is 0 Å². The summed E-state index contributed by atoms with van der Waals surface area (Å²) in [5, 5.41) is 9.35. The molecule has 1 aliphatic carbocycles. The molecule has 154 valence electrons. The van der Waals surface area contributed by atoms with Crippen LogP contribution < -0.4 is 0 Å². The molecule has 1 N–H and O–H groups in total. The Balaban J connectivity index is 1.76. The molecule has 0 saturated carbocycles. The first kappa shape index (κ1) is 22.5. The van der Waals surface area contributed by atoms with E-state index in [1.165, 1.54) is 50.5 Å². The van der Waals surface area contributed by atoms with Crippen molar-refractivity contribution < 1.29 is 9.90 Å². The largest absolute Gasteiger partial charge is 0.481 e. The lowest BCUT2D eigenvalue weighted by molar-refractivity contribution is -0.138. The second-order valence-corrected chi connectivity index (χ2v) is 8.34. The SMILES string of the molecule is CCCCCCC=CCCC[C@H]1C=C[C@@H](Cc2ccccc2)[C@H](CC(=O)O)C1. The van der Waals surface area contributed by atoms with Crippen LogP contribution in [-0.2, 0) is 11.2 Å². The first-order chi connectivity index (χ1) is 13.7. The van der Waals surface area contributed by atoms with Gasteiger partial charge in [0.05, 0.1) is 0 Å². The predicted octanol–water partition coefficient (Wildman–Crippen LogP) is 7.21. The molecule has 0 bridgehead atoms. The van der Waals surface area contributed by atoms with Crippen molar-refractivity contribution in [3.05, 3.63) is 60.2 Å². The number of allylic oxidation sites excluding steroid dienone is 4. The van der Waals surface area contributed by atoms with Crippen molar-refractivity contribution in [1.29, 1.82) is 0 Å². The van der Waals surface area contributed by atoms with Crippen LogP contribution in [-0.4, -0.2) is 11.1 Å². The fourth-order valence-electron chi connectivity index (χ4n) is 4.32. The highest BCUT2D eigenvalue weighted by Gasteiger charge is 2.28. The third-order valence-corrected chi connectivity index (χ3v) is 5.93. The summed E-state index contributed by atoms with van der Waals surface area (Å²) in [6.07, 6.45) is 21.6. The van der Waals surface area contributed by atoms with Crippen molar-refractivity contribution in [3.63, 3.8) is 0 Å². The Morgan fingerprint density at radius 2 is 1.79 bits per heavy atom. The summed E-state index contributed by atoms with van der Waals surface area (Å²) in [7, 11) is 0. The first-order valence-electron chi connectivity index (χ1n) is 11.3. The second-order valence-electron chi connectivity index (χ2n) is 8.34. The summed E-state index contributed by atoms with van der Waals surface area (Å²) in [4.78, 5) is 11.4. The van der Waals surface area contributed by atoms with Crippen LogP contribution in [0.15, 0.2) is 54.6 Å². The maximum absolute atomic E-state index is 11.4. The van der Waals surface area contributed by atoms with E-state index in [1.54, 1.807) is 0 Å². The van der Waals surface area contributed by atoms with Gasteiger partial charge in [0.1, 0.15) is 0 Å². The quantitative estimate of drug-likeness (QED) is 0.289. The van der Waals surface area contributed by atoms with E-state index in [1.807, 2.05) is 6.07 Å². The smallest absolute Gasteiger partial charge is 0.303 e. The highest BCUT2D eigenvalue weighted by Crippen LogP contribution is 2.35. The summed E-state index contributed by atoms with van der Waals surface area (Å²) in [6.45, 7) is 2.25. The van der Waals surface area contributed by atoms with Crippen LogP contribution in [0.3, 0.4) is 0 Å². The molecule has 0 spiro atoms.